The van der Waals surface area contributed by atoms with Crippen LogP contribution in [0.3, 0.4) is 0 Å². The van der Waals surface area contributed by atoms with Crippen LogP contribution in [0, 0.1) is 0 Å². The molecule has 1 heterocycles. The van der Waals surface area contributed by atoms with Gasteiger partial charge in [0.1, 0.15) is 0 Å². The zero-order valence-electron chi connectivity index (χ0n) is 11.4. The Morgan fingerprint density at radius 3 is 2.44 bits per heavy atom. The first-order valence-electron chi connectivity index (χ1n) is 6.90. The van der Waals surface area contributed by atoms with E-state index in [1.54, 1.807) is 0 Å². The first-order valence-corrected chi connectivity index (χ1v) is 7.69. The minimum absolute atomic E-state index is 0.732. The van der Waals surface area contributed by atoms with Gasteiger partial charge in [-0.05, 0) is 25.0 Å². The molecule has 2 rings (SSSR count). The van der Waals surface area contributed by atoms with Crippen molar-refractivity contribution in [2.24, 2.45) is 0 Å². The number of hydrogen-bond acceptors (Lipinski definition) is 2. The van der Waals surface area contributed by atoms with E-state index in [4.69, 9.17) is 0 Å². The molecule has 1 fully saturated rings. The third kappa shape index (κ3) is 3.56. The van der Waals surface area contributed by atoms with Crippen LogP contribution in [0.2, 0.25) is 0 Å². The van der Waals surface area contributed by atoms with Crippen molar-refractivity contribution >= 4 is 15.9 Å². The van der Waals surface area contributed by atoms with Crippen molar-refractivity contribution in [3.8, 4) is 0 Å². The highest BCUT2D eigenvalue weighted by atomic mass is 79.9. The van der Waals surface area contributed by atoms with Crippen molar-refractivity contribution in [2.75, 3.05) is 26.2 Å². The molecule has 1 aromatic carbocycles. The van der Waals surface area contributed by atoms with E-state index in [-0.39, 0.29) is 0 Å². The van der Waals surface area contributed by atoms with Gasteiger partial charge in [0.15, 0.2) is 0 Å². The molecule has 0 spiro atoms. The van der Waals surface area contributed by atoms with E-state index in [0.29, 0.717) is 0 Å². The lowest BCUT2D eigenvalue weighted by molar-refractivity contribution is 0.0962. The van der Waals surface area contributed by atoms with Gasteiger partial charge in [0, 0.05) is 43.2 Å². The second-order valence-electron chi connectivity index (χ2n) is 5.16. The molecule has 0 amide bonds. The predicted molar refractivity (Wildman–Crippen MR) is 80.7 cm³/mol. The summed E-state index contributed by atoms with van der Waals surface area (Å²) in [5.41, 5.74) is 1.40. The van der Waals surface area contributed by atoms with E-state index in [9.17, 15) is 0 Å². The molecule has 0 aromatic heterocycles. The quantitative estimate of drug-likeness (QED) is 0.841. The molecule has 1 saturated heterocycles. The number of nitrogens with zero attached hydrogens (tertiary/aromatic N) is 2. The van der Waals surface area contributed by atoms with Gasteiger partial charge in [-0.2, -0.15) is 0 Å². The third-order valence-corrected chi connectivity index (χ3v) is 4.75. The Morgan fingerprint density at radius 2 is 1.83 bits per heavy atom. The first-order chi connectivity index (χ1) is 8.70. The van der Waals surface area contributed by atoms with Gasteiger partial charge in [0.05, 0.1) is 0 Å². The second-order valence-corrected chi connectivity index (χ2v) is 6.02. The number of hydrogen-bond donors (Lipinski definition) is 0. The maximum absolute atomic E-state index is 3.63. The van der Waals surface area contributed by atoms with Crippen LogP contribution in [0.4, 0.5) is 0 Å². The molecule has 3 heteroatoms. The maximum Gasteiger partial charge on any atom is 0.0246 e. The minimum atomic E-state index is 0.732. The molecule has 18 heavy (non-hydrogen) atoms. The lowest BCUT2D eigenvalue weighted by Crippen LogP contribution is -2.49. The molecule has 100 valence electrons. The van der Waals surface area contributed by atoms with Crippen LogP contribution in [0.1, 0.15) is 25.8 Å². The molecule has 0 saturated carbocycles. The number of benzene rings is 1. The summed E-state index contributed by atoms with van der Waals surface area (Å²) in [6, 6.07) is 9.27. The zero-order chi connectivity index (χ0) is 13.0. The monoisotopic (exact) mass is 310 g/mol. The van der Waals surface area contributed by atoms with Gasteiger partial charge in [-0.25, -0.2) is 0 Å². The van der Waals surface area contributed by atoms with Crippen molar-refractivity contribution in [3.05, 3.63) is 34.3 Å². The van der Waals surface area contributed by atoms with Crippen molar-refractivity contribution in [1.29, 1.82) is 0 Å². The fourth-order valence-corrected chi connectivity index (χ4v) is 2.90. The van der Waals surface area contributed by atoms with Crippen molar-refractivity contribution < 1.29 is 0 Å². The summed E-state index contributed by atoms with van der Waals surface area (Å²) in [4.78, 5) is 5.16. The molecule has 1 aliphatic rings. The molecule has 0 unspecified atom stereocenters. The maximum atomic E-state index is 3.63. The molecule has 0 aliphatic carbocycles. The fourth-order valence-electron chi connectivity index (χ4n) is 2.49. The lowest BCUT2D eigenvalue weighted by Gasteiger charge is -2.38. The smallest absolute Gasteiger partial charge is 0.0246 e. The van der Waals surface area contributed by atoms with Gasteiger partial charge in [-0.15, -0.1) is 0 Å². The summed E-state index contributed by atoms with van der Waals surface area (Å²) < 4.78 is 1.23. The molecule has 1 atom stereocenters. The third-order valence-electron chi connectivity index (χ3n) is 3.97. The van der Waals surface area contributed by atoms with Crippen LogP contribution in [-0.4, -0.2) is 42.0 Å². The summed E-state index contributed by atoms with van der Waals surface area (Å²) in [5.74, 6) is 0. The van der Waals surface area contributed by atoms with E-state index >= 15 is 0 Å². The highest BCUT2D eigenvalue weighted by Gasteiger charge is 2.20. The molecular weight excluding hydrogens is 288 g/mol. The summed E-state index contributed by atoms with van der Waals surface area (Å²) >= 11 is 3.63. The van der Waals surface area contributed by atoms with Crippen molar-refractivity contribution in [3.63, 3.8) is 0 Å². The second kappa shape index (κ2) is 6.69. The standard InChI is InChI=1S/C15H23BrN2/c1-3-13(2)18-10-8-17(9-11-18)12-14-6-4-5-7-15(14)16/h4-7,13H,3,8-12H2,1-2H3/t13-/m1/s1. The van der Waals surface area contributed by atoms with E-state index in [1.165, 1.54) is 42.6 Å². The summed E-state index contributed by atoms with van der Waals surface area (Å²) in [6.07, 6.45) is 1.25. The Hall–Kier alpha value is -0.380. The van der Waals surface area contributed by atoms with E-state index < -0.39 is 0 Å². The van der Waals surface area contributed by atoms with Gasteiger partial charge in [0.2, 0.25) is 0 Å². The van der Waals surface area contributed by atoms with Gasteiger partial charge >= 0.3 is 0 Å². The fraction of sp³-hybridized carbons (Fsp3) is 0.600. The predicted octanol–water partition coefficient (Wildman–Crippen LogP) is 3.37. The number of piperazine rings is 1. The highest BCUT2D eigenvalue weighted by Crippen LogP contribution is 2.19. The summed E-state index contributed by atoms with van der Waals surface area (Å²) in [7, 11) is 0. The molecule has 0 radical (unpaired) electrons. The van der Waals surface area contributed by atoms with Gasteiger partial charge in [-0.3, -0.25) is 9.80 Å². The zero-order valence-corrected chi connectivity index (χ0v) is 13.0. The van der Waals surface area contributed by atoms with Gasteiger partial charge in [-0.1, -0.05) is 41.1 Å². The van der Waals surface area contributed by atoms with Crippen LogP contribution >= 0.6 is 15.9 Å². The normalized spacial score (nSPS) is 19.9. The minimum Gasteiger partial charge on any atom is -0.298 e. The molecule has 1 aromatic rings. The Morgan fingerprint density at radius 1 is 1.17 bits per heavy atom. The van der Waals surface area contributed by atoms with E-state index in [1.807, 2.05) is 0 Å². The molecule has 0 N–H and O–H groups in total. The van der Waals surface area contributed by atoms with Crippen LogP contribution < -0.4 is 0 Å². The summed E-state index contributed by atoms with van der Waals surface area (Å²) in [6.45, 7) is 10.5. The molecule has 2 nitrogen and oxygen atoms in total. The topological polar surface area (TPSA) is 6.48 Å². The highest BCUT2D eigenvalue weighted by molar-refractivity contribution is 9.10. The van der Waals surface area contributed by atoms with E-state index in [0.717, 1.165) is 12.6 Å². The van der Waals surface area contributed by atoms with Crippen LogP contribution in [0.15, 0.2) is 28.7 Å². The largest absolute Gasteiger partial charge is 0.298 e. The van der Waals surface area contributed by atoms with Crippen LogP contribution in [-0.2, 0) is 6.54 Å². The average molecular weight is 311 g/mol. The SMILES string of the molecule is CC[C@@H](C)N1CCN(Cc2ccccc2Br)CC1. The van der Waals surface area contributed by atoms with Crippen molar-refractivity contribution in [1.82, 2.24) is 9.80 Å². The average Bonchev–Trinajstić information content (AvgIpc) is 2.41. The van der Waals surface area contributed by atoms with E-state index in [2.05, 4.69) is 63.8 Å². The Kier molecular flexibility index (Phi) is 5.22. The first kappa shape index (κ1) is 14.0. The number of rotatable bonds is 4. The Bertz CT molecular complexity index is 373. The van der Waals surface area contributed by atoms with Crippen LogP contribution in [0.25, 0.3) is 0 Å². The lowest BCUT2D eigenvalue weighted by atomic mass is 10.1. The Balaban J connectivity index is 1.86. The summed E-state index contributed by atoms with van der Waals surface area (Å²) in [5, 5.41) is 0. The van der Waals surface area contributed by atoms with Crippen LogP contribution in [0.5, 0.6) is 0 Å². The van der Waals surface area contributed by atoms with Gasteiger partial charge in [0.25, 0.3) is 0 Å². The Labute approximate surface area is 119 Å². The molecule has 1 aliphatic heterocycles. The van der Waals surface area contributed by atoms with Crippen molar-refractivity contribution in [2.45, 2.75) is 32.9 Å². The molecule has 0 bridgehead atoms. The molecular formula is C15H23BrN2. The van der Waals surface area contributed by atoms with Gasteiger partial charge < -0.3 is 0 Å². The number of halogens is 1.